The Morgan fingerprint density at radius 2 is 2.29 bits per heavy atom. The van der Waals surface area contributed by atoms with Gasteiger partial charge in [-0.05, 0) is 30.6 Å². The first-order valence-electron chi connectivity index (χ1n) is 5.11. The molecule has 1 rings (SSSR count). The van der Waals surface area contributed by atoms with Crippen LogP contribution in [0.3, 0.4) is 0 Å². The molecule has 4 nitrogen and oxygen atoms in total. The summed E-state index contributed by atoms with van der Waals surface area (Å²) < 4.78 is 0. The molecule has 17 heavy (non-hydrogen) atoms. The summed E-state index contributed by atoms with van der Waals surface area (Å²) in [6.07, 6.45) is 2.97. The largest absolute Gasteiger partial charge is 0.478 e. The van der Waals surface area contributed by atoms with Gasteiger partial charge in [0, 0.05) is 12.2 Å². The number of aromatic carboxylic acids is 1. The van der Waals surface area contributed by atoms with Gasteiger partial charge in [0.2, 0.25) is 0 Å². The van der Waals surface area contributed by atoms with Crippen LogP contribution in [0.1, 0.15) is 16.8 Å². The first-order valence-corrected chi connectivity index (χ1v) is 6.88. The third-order valence-electron chi connectivity index (χ3n) is 2.17. The molecule has 0 radical (unpaired) electrons. The Morgan fingerprint density at radius 1 is 1.59 bits per heavy atom. The van der Waals surface area contributed by atoms with Crippen molar-refractivity contribution in [1.29, 1.82) is 0 Å². The van der Waals surface area contributed by atoms with Crippen LogP contribution in [0, 0.1) is 0 Å². The Bertz CT molecular complexity index is 413. The first-order chi connectivity index (χ1) is 8.06. The Morgan fingerprint density at radius 3 is 2.88 bits per heavy atom. The summed E-state index contributed by atoms with van der Waals surface area (Å²) in [5, 5.41) is 12.4. The smallest absolute Gasteiger partial charge is 0.337 e. The van der Waals surface area contributed by atoms with Crippen LogP contribution in [0.25, 0.3) is 0 Å². The Labute approximate surface area is 110 Å². The molecule has 0 aromatic heterocycles. The molecular weight excluding hydrogens is 260 g/mol. The number of hydrogen-bond donors (Lipinski definition) is 3. The zero-order valence-corrected chi connectivity index (χ0v) is 11.1. The molecule has 0 saturated heterocycles. The maximum absolute atomic E-state index is 11.1. The molecule has 0 fully saturated rings. The van der Waals surface area contributed by atoms with Crippen LogP contribution in [0.2, 0.25) is 5.02 Å². The fourth-order valence-electron chi connectivity index (χ4n) is 1.41. The molecule has 0 unspecified atom stereocenters. The van der Waals surface area contributed by atoms with Gasteiger partial charge in [0.1, 0.15) is 0 Å². The van der Waals surface area contributed by atoms with Crippen LogP contribution in [0.4, 0.5) is 11.4 Å². The average molecular weight is 275 g/mol. The van der Waals surface area contributed by atoms with Crippen molar-refractivity contribution in [3.05, 3.63) is 22.7 Å². The predicted molar refractivity (Wildman–Crippen MR) is 74.3 cm³/mol. The molecule has 0 saturated carbocycles. The number of thioether (sulfide) groups is 1. The number of benzene rings is 1. The zero-order valence-electron chi connectivity index (χ0n) is 9.50. The summed E-state index contributed by atoms with van der Waals surface area (Å²) >= 11 is 7.73. The minimum absolute atomic E-state index is 0.110. The number of carboxylic acid groups (broad SMARTS) is 1. The number of anilines is 2. The lowest BCUT2D eigenvalue weighted by atomic mass is 10.1. The van der Waals surface area contributed by atoms with Gasteiger partial charge in [0.25, 0.3) is 0 Å². The van der Waals surface area contributed by atoms with Crippen molar-refractivity contribution in [2.75, 3.05) is 29.6 Å². The normalized spacial score (nSPS) is 10.2. The molecule has 6 heteroatoms. The molecule has 94 valence electrons. The predicted octanol–water partition coefficient (Wildman–Crippen LogP) is 2.79. The maximum Gasteiger partial charge on any atom is 0.337 e. The Kier molecular flexibility index (Phi) is 5.44. The fourth-order valence-corrected chi connectivity index (χ4v) is 2.13. The van der Waals surface area contributed by atoms with Gasteiger partial charge in [-0.1, -0.05) is 11.6 Å². The average Bonchev–Trinajstić information content (AvgIpc) is 2.25. The minimum atomic E-state index is -1.04. The summed E-state index contributed by atoms with van der Waals surface area (Å²) in [5.41, 5.74) is 6.46. The highest BCUT2D eigenvalue weighted by atomic mass is 35.5. The van der Waals surface area contributed by atoms with Gasteiger partial charge in [-0.3, -0.25) is 0 Å². The van der Waals surface area contributed by atoms with E-state index < -0.39 is 5.97 Å². The number of halogens is 1. The standard InChI is InChI=1S/C11H15ClN2O2S/c1-17-4-2-3-14-10-8(11(15)16)5-7(13)6-9(10)12/h5-6,14H,2-4,13H2,1H3,(H,15,16). The number of rotatable bonds is 6. The number of nitrogens with one attached hydrogen (secondary N) is 1. The minimum Gasteiger partial charge on any atom is -0.478 e. The van der Waals surface area contributed by atoms with Gasteiger partial charge in [0.15, 0.2) is 0 Å². The van der Waals surface area contributed by atoms with Gasteiger partial charge in [-0.25, -0.2) is 4.79 Å². The van der Waals surface area contributed by atoms with Crippen LogP contribution < -0.4 is 11.1 Å². The Balaban J connectivity index is 2.85. The SMILES string of the molecule is CSCCCNc1c(Cl)cc(N)cc1C(=O)O. The van der Waals surface area contributed by atoms with Crippen molar-refractivity contribution < 1.29 is 9.90 Å². The molecule has 0 atom stereocenters. The lowest BCUT2D eigenvalue weighted by Crippen LogP contribution is -2.09. The van der Waals surface area contributed by atoms with E-state index in [0.29, 0.717) is 22.9 Å². The number of nitrogen functional groups attached to an aromatic ring is 1. The fraction of sp³-hybridized carbons (Fsp3) is 0.364. The molecule has 0 aliphatic rings. The summed E-state index contributed by atoms with van der Waals surface area (Å²) in [5.74, 6) is -0.0197. The van der Waals surface area contributed by atoms with Crippen LogP contribution in [0.15, 0.2) is 12.1 Å². The van der Waals surface area contributed by atoms with Crippen molar-refractivity contribution in [3.8, 4) is 0 Å². The third-order valence-corrected chi connectivity index (χ3v) is 3.16. The molecule has 0 spiro atoms. The molecule has 1 aromatic carbocycles. The second-order valence-electron chi connectivity index (χ2n) is 3.50. The molecule has 0 bridgehead atoms. The van der Waals surface area contributed by atoms with Crippen molar-refractivity contribution >= 4 is 40.7 Å². The van der Waals surface area contributed by atoms with E-state index in [4.69, 9.17) is 22.4 Å². The van der Waals surface area contributed by atoms with E-state index in [1.807, 2.05) is 6.26 Å². The molecule has 0 heterocycles. The molecular formula is C11H15ClN2O2S. The van der Waals surface area contributed by atoms with Crippen molar-refractivity contribution in [2.45, 2.75) is 6.42 Å². The quantitative estimate of drug-likeness (QED) is 0.549. The van der Waals surface area contributed by atoms with Crippen molar-refractivity contribution in [3.63, 3.8) is 0 Å². The first kappa shape index (κ1) is 14.0. The number of hydrogen-bond acceptors (Lipinski definition) is 4. The highest BCUT2D eigenvalue weighted by Crippen LogP contribution is 2.29. The summed E-state index contributed by atoms with van der Waals surface area (Å²) in [6, 6.07) is 2.95. The van der Waals surface area contributed by atoms with Crippen LogP contribution in [0.5, 0.6) is 0 Å². The lowest BCUT2D eigenvalue weighted by molar-refractivity contribution is 0.0698. The van der Waals surface area contributed by atoms with E-state index in [-0.39, 0.29) is 5.56 Å². The van der Waals surface area contributed by atoms with Gasteiger partial charge in [0.05, 0.1) is 16.3 Å². The van der Waals surface area contributed by atoms with Gasteiger partial charge in [-0.15, -0.1) is 0 Å². The Hall–Kier alpha value is -1.07. The van der Waals surface area contributed by atoms with E-state index >= 15 is 0 Å². The molecule has 1 aromatic rings. The van der Waals surface area contributed by atoms with E-state index in [1.165, 1.54) is 6.07 Å². The topological polar surface area (TPSA) is 75.3 Å². The van der Waals surface area contributed by atoms with E-state index in [0.717, 1.165) is 12.2 Å². The number of carbonyl (C=O) groups is 1. The van der Waals surface area contributed by atoms with Crippen LogP contribution in [-0.2, 0) is 0 Å². The number of carboxylic acids is 1. The van der Waals surface area contributed by atoms with Crippen LogP contribution in [-0.4, -0.2) is 29.6 Å². The van der Waals surface area contributed by atoms with Gasteiger partial charge >= 0.3 is 5.97 Å². The summed E-state index contributed by atoms with van der Waals surface area (Å²) in [7, 11) is 0. The second kappa shape index (κ2) is 6.61. The van der Waals surface area contributed by atoms with E-state index in [1.54, 1.807) is 17.8 Å². The molecule has 4 N–H and O–H groups in total. The van der Waals surface area contributed by atoms with Crippen LogP contribution >= 0.6 is 23.4 Å². The summed E-state index contributed by atoms with van der Waals surface area (Å²) in [6.45, 7) is 0.685. The lowest BCUT2D eigenvalue weighted by Gasteiger charge is -2.12. The highest BCUT2D eigenvalue weighted by Gasteiger charge is 2.14. The zero-order chi connectivity index (χ0) is 12.8. The van der Waals surface area contributed by atoms with Crippen molar-refractivity contribution in [1.82, 2.24) is 0 Å². The van der Waals surface area contributed by atoms with E-state index in [2.05, 4.69) is 5.32 Å². The van der Waals surface area contributed by atoms with Gasteiger partial charge < -0.3 is 16.2 Å². The maximum atomic E-state index is 11.1. The number of nitrogens with two attached hydrogens (primary N) is 1. The van der Waals surface area contributed by atoms with Gasteiger partial charge in [-0.2, -0.15) is 11.8 Å². The van der Waals surface area contributed by atoms with Crippen molar-refractivity contribution in [2.24, 2.45) is 0 Å². The monoisotopic (exact) mass is 274 g/mol. The molecule has 0 aliphatic carbocycles. The molecule has 0 amide bonds. The van der Waals surface area contributed by atoms with E-state index in [9.17, 15) is 4.79 Å². The summed E-state index contributed by atoms with van der Waals surface area (Å²) in [4.78, 5) is 11.1. The molecule has 0 aliphatic heterocycles. The highest BCUT2D eigenvalue weighted by molar-refractivity contribution is 7.98. The second-order valence-corrected chi connectivity index (χ2v) is 4.90. The third kappa shape index (κ3) is 4.02.